The van der Waals surface area contributed by atoms with E-state index in [0.29, 0.717) is 0 Å². The molecule has 2 aromatic rings. The fourth-order valence-electron chi connectivity index (χ4n) is 2.55. The van der Waals surface area contributed by atoms with Gasteiger partial charge in [-0.25, -0.2) is 9.59 Å². The first-order valence-electron chi connectivity index (χ1n) is 8.63. The van der Waals surface area contributed by atoms with Crippen LogP contribution in [0.3, 0.4) is 0 Å². The van der Waals surface area contributed by atoms with E-state index in [4.69, 9.17) is 9.47 Å². The van der Waals surface area contributed by atoms with E-state index in [0.717, 1.165) is 22.4 Å². The average Bonchev–Trinajstić information content (AvgIpc) is 2.60. The number of carbonyl (C=O) groups excluding carboxylic acids is 1. The van der Waals surface area contributed by atoms with Crippen LogP contribution in [-0.4, -0.2) is 35.9 Å². The molecule has 0 spiro atoms. The third-order valence-corrected chi connectivity index (χ3v) is 3.78. The fourth-order valence-corrected chi connectivity index (χ4v) is 2.55. The monoisotopic (exact) mass is 371 g/mol. The first kappa shape index (κ1) is 20.3. The molecule has 6 nitrogen and oxygen atoms in total. The van der Waals surface area contributed by atoms with Crippen LogP contribution in [0.2, 0.25) is 0 Å². The van der Waals surface area contributed by atoms with Crippen molar-refractivity contribution in [1.29, 1.82) is 0 Å². The van der Waals surface area contributed by atoms with E-state index in [2.05, 4.69) is 5.32 Å². The second kappa shape index (κ2) is 8.58. The Morgan fingerprint density at radius 2 is 1.74 bits per heavy atom. The van der Waals surface area contributed by atoms with Gasteiger partial charge in [0.05, 0.1) is 7.11 Å². The molecule has 27 heavy (non-hydrogen) atoms. The molecule has 0 fully saturated rings. The third kappa shape index (κ3) is 6.33. The van der Waals surface area contributed by atoms with Crippen LogP contribution >= 0.6 is 0 Å². The molecule has 0 aliphatic heterocycles. The summed E-state index contributed by atoms with van der Waals surface area (Å²) in [7, 11) is 1.61. The highest BCUT2D eigenvalue weighted by molar-refractivity contribution is 5.80. The predicted octanol–water partition coefficient (Wildman–Crippen LogP) is 3.88. The number of benzene rings is 2. The van der Waals surface area contributed by atoms with Gasteiger partial charge in [0, 0.05) is 6.42 Å². The first-order valence-corrected chi connectivity index (χ1v) is 8.63. The number of alkyl carbamates (subject to hydrolysis) is 1. The zero-order valence-corrected chi connectivity index (χ0v) is 16.0. The van der Waals surface area contributed by atoms with Crippen molar-refractivity contribution in [2.45, 2.75) is 38.8 Å². The van der Waals surface area contributed by atoms with Gasteiger partial charge in [-0.05, 0) is 49.6 Å². The van der Waals surface area contributed by atoms with Crippen molar-refractivity contribution < 1.29 is 24.2 Å². The SMILES string of the molecule is COc1ccc(-c2cccc(CC(NC(=O)OC(C)(C)C)C(=O)O)c2)cc1. The van der Waals surface area contributed by atoms with Gasteiger partial charge in [0.25, 0.3) is 0 Å². The summed E-state index contributed by atoms with van der Waals surface area (Å²) in [5.41, 5.74) is 2.05. The van der Waals surface area contributed by atoms with E-state index in [1.54, 1.807) is 27.9 Å². The molecular weight excluding hydrogens is 346 g/mol. The van der Waals surface area contributed by atoms with Gasteiger partial charge in [-0.15, -0.1) is 0 Å². The molecule has 2 aromatic carbocycles. The Bertz CT molecular complexity index is 793. The largest absolute Gasteiger partial charge is 0.497 e. The van der Waals surface area contributed by atoms with Gasteiger partial charge in [-0.3, -0.25) is 0 Å². The number of hydrogen-bond donors (Lipinski definition) is 2. The number of carboxylic acid groups (broad SMARTS) is 1. The molecule has 2 N–H and O–H groups in total. The van der Waals surface area contributed by atoms with Crippen molar-refractivity contribution in [3.63, 3.8) is 0 Å². The highest BCUT2D eigenvalue weighted by Crippen LogP contribution is 2.23. The lowest BCUT2D eigenvalue weighted by atomic mass is 9.99. The van der Waals surface area contributed by atoms with E-state index in [-0.39, 0.29) is 6.42 Å². The van der Waals surface area contributed by atoms with E-state index in [9.17, 15) is 14.7 Å². The fraction of sp³-hybridized carbons (Fsp3) is 0.333. The highest BCUT2D eigenvalue weighted by atomic mass is 16.6. The molecule has 2 rings (SSSR count). The second-order valence-corrected chi connectivity index (χ2v) is 7.17. The minimum absolute atomic E-state index is 0.151. The van der Waals surface area contributed by atoms with Gasteiger partial charge in [0.1, 0.15) is 17.4 Å². The molecule has 0 heterocycles. The van der Waals surface area contributed by atoms with Gasteiger partial charge in [-0.1, -0.05) is 36.4 Å². The smallest absolute Gasteiger partial charge is 0.408 e. The molecule has 0 aliphatic rings. The number of carbonyl (C=O) groups is 2. The average molecular weight is 371 g/mol. The van der Waals surface area contributed by atoms with Gasteiger partial charge in [0.15, 0.2) is 0 Å². The standard InChI is InChI=1S/C21H25NO5/c1-21(2,3)27-20(25)22-18(19(23)24)13-14-6-5-7-16(12-14)15-8-10-17(26-4)11-9-15/h5-12,18H,13H2,1-4H3,(H,22,25)(H,23,24). The lowest BCUT2D eigenvalue weighted by Gasteiger charge is -2.22. The summed E-state index contributed by atoms with van der Waals surface area (Å²) in [6.45, 7) is 5.17. The topological polar surface area (TPSA) is 84.9 Å². The Kier molecular flexibility index (Phi) is 6.45. The zero-order chi connectivity index (χ0) is 20.0. The van der Waals surface area contributed by atoms with Crippen molar-refractivity contribution in [1.82, 2.24) is 5.32 Å². The molecule has 1 amide bonds. The maximum absolute atomic E-state index is 11.9. The predicted molar refractivity (Wildman–Crippen MR) is 103 cm³/mol. The first-order chi connectivity index (χ1) is 12.7. The number of ether oxygens (including phenoxy) is 2. The van der Waals surface area contributed by atoms with Crippen molar-refractivity contribution in [3.05, 3.63) is 54.1 Å². The summed E-state index contributed by atoms with van der Waals surface area (Å²) in [5, 5.41) is 11.9. The molecule has 0 saturated heterocycles. The molecule has 0 aromatic heterocycles. The van der Waals surface area contributed by atoms with Gasteiger partial charge in [0.2, 0.25) is 0 Å². The maximum Gasteiger partial charge on any atom is 0.408 e. The summed E-state index contributed by atoms with van der Waals surface area (Å²) in [5.74, 6) is -0.349. The molecular formula is C21H25NO5. The summed E-state index contributed by atoms with van der Waals surface area (Å²) in [6, 6.07) is 14.1. The Balaban J connectivity index is 2.14. The number of nitrogens with one attached hydrogen (secondary N) is 1. The molecule has 0 radical (unpaired) electrons. The van der Waals surface area contributed by atoms with E-state index >= 15 is 0 Å². The maximum atomic E-state index is 11.9. The van der Waals surface area contributed by atoms with Crippen LogP contribution in [0.15, 0.2) is 48.5 Å². The Hall–Kier alpha value is -3.02. The highest BCUT2D eigenvalue weighted by Gasteiger charge is 2.24. The summed E-state index contributed by atoms with van der Waals surface area (Å²) >= 11 is 0. The Morgan fingerprint density at radius 1 is 1.07 bits per heavy atom. The lowest BCUT2D eigenvalue weighted by molar-refractivity contribution is -0.139. The number of amides is 1. The number of rotatable bonds is 6. The number of hydrogen-bond acceptors (Lipinski definition) is 4. The zero-order valence-electron chi connectivity index (χ0n) is 16.0. The molecule has 6 heteroatoms. The normalized spacial score (nSPS) is 12.1. The van der Waals surface area contributed by atoms with Crippen molar-refractivity contribution in [2.24, 2.45) is 0 Å². The van der Waals surface area contributed by atoms with Crippen LogP contribution in [0.5, 0.6) is 5.75 Å². The number of aliphatic carboxylic acids is 1. The molecule has 0 bridgehead atoms. The van der Waals surface area contributed by atoms with Crippen LogP contribution in [0.1, 0.15) is 26.3 Å². The lowest BCUT2D eigenvalue weighted by Crippen LogP contribution is -2.44. The van der Waals surface area contributed by atoms with Crippen molar-refractivity contribution >= 4 is 12.1 Å². The Morgan fingerprint density at radius 3 is 2.30 bits per heavy atom. The van der Waals surface area contributed by atoms with Gasteiger partial charge in [-0.2, -0.15) is 0 Å². The minimum atomic E-state index is -1.12. The third-order valence-electron chi connectivity index (χ3n) is 3.78. The summed E-state index contributed by atoms with van der Waals surface area (Å²) < 4.78 is 10.3. The summed E-state index contributed by atoms with van der Waals surface area (Å²) in [6.07, 6.45) is -0.598. The molecule has 1 unspecified atom stereocenters. The molecule has 0 aliphatic carbocycles. The summed E-state index contributed by atoms with van der Waals surface area (Å²) in [4.78, 5) is 23.5. The van der Waals surface area contributed by atoms with Gasteiger partial charge < -0.3 is 19.9 Å². The minimum Gasteiger partial charge on any atom is -0.497 e. The van der Waals surface area contributed by atoms with Crippen molar-refractivity contribution in [3.8, 4) is 16.9 Å². The van der Waals surface area contributed by atoms with Crippen molar-refractivity contribution in [2.75, 3.05) is 7.11 Å². The van der Waals surface area contributed by atoms with E-state index in [1.165, 1.54) is 0 Å². The van der Waals surface area contributed by atoms with Crippen LogP contribution in [0.25, 0.3) is 11.1 Å². The van der Waals surface area contributed by atoms with Crippen LogP contribution in [0.4, 0.5) is 4.79 Å². The molecule has 1 atom stereocenters. The van der Waals surface area contributed by atoms with Gasteiger partial charge >= 0.3 is 12.1 Å². The molecule has 144 valence electrons. The van der Waals surface area contributed by atoms with E-state index in [1.807, 2.05) is 48.5 Å². The number of methoxy groups -OCH3 is 1. The second-order valence-electron chi connectivity index (χ2n) is 7.17. The van der Waals surface area contributed by atoms with E-state index < -0.39 is 23.7 Å². The number of carboxylic acids is 1. The molecule has 0 saturated carbocycles. The van der Waals surface area contributed by atoms with Crippen LogP contribution in [0, 0.1) is 0 Å². The van der Waals surface area contributed by atoms with Crippen LogP contribution < -0.4 is 10.1 Å². The van der Waals surface area contributed by atoms with Crippen LogP contribution in [-0.2, 0) is 16.0 Å². The Labute approximate surface area is 159 Å². The quantitative estimate of drug-likeness (QED) is 0.805.